The summed E-state index contributed by atoms with van der Waals surface area (Å²) in [5, 5.41) is 3.00. The van der Waals surface area contributed by atoms with E-state index in [1.54, 1.807) is 7.11 Å². The monoisotopic (exact) mass is 263 g/mol. The first-order chi connectivity index (χ1) is 9.19. The number of amides is 1. The van der Waals surface area contributed by atoms with Gasteiger partial charge in [-0.1, -0.05) is 12.1 Å². The number of rotatable bonds is 5. The third kappa shape index (κ3) is 3.96. The molecule has 0 radical (unpaired) electrons. The molecule has 19 heavy (non-hydrogen) atoms. The van der Waals surface area contributed by atoms with Crippen LogP contribution in [0.25, 0.3) is 0 Å². The summed E-state index contributed by atoms with van der Waals surface area (Å²) in [4.78, 5) is 11.9. The predicted octanol–water partition coefficient (Wildman–Crippen LogP) is 1.92. The standard InChI is InChI=1S/C15H21NO3/c1-11(14-4-3-9-19-14)16-15(17)10-12-5-7-13(18-2)8-6-12/h5-8,11,14H,3-4,9-10H2,1-2H3,(H,16,17). The smallest absolute Gasteiger partial charge is 0.224 e. The molecule has 0 saturated carbocycles. The van der Waals surface area contributed by atoms with Crippen molar-refractivity contribution in [3.05, 3.63) is 29.8 Å². The number of benzene rings is 1. The normalized spacial score (nSPS) is 20.0. The summed E-state index contributed by atoms with van der Waals surface area (Å²) in [5.41, 5.74) is 0.984. The highest BCUT2D eigenvalue weighted by Gasteiger charge is 2.23. The third-order valence-corrected chi connectivity index (χ3v) is 3.43. The van der Waals surface area contributed by atoms with Gasteiger partial charge in [0, 0.05) is 6.61 Å². The summed E-state index contributed by atoms with van der Waals surface area (Å²) in [6, 6.07) is 7.64. The number of carbonyl (C=O) groups is 1. The fourth-order valence-electron chi connectivity index (χ4n) is 2.32. The zero-order chi connectivity index (χ0) is 13.7. The Morgan fingerprint density at radius 1 is 1.47 bits per heavy atom. The highest BCUT2D eigenvalue weighted by atomic mass is 16.5. The Labute approximate surface area is 114 Å². The van der Waals surface area contributed by atoms with Crippen molar-refractivity contribution < 1.29 is 14.3 Å². The number of ether oxygens (including phenoxy) is 2. The lowest BCUT2D eigenvalue weighted by Gasteiger charge is -2.20. The van der Waals surface area contributed by atoms with Crippen LogP contribution in [0.5, 0.6) is 5.75 Å². The molecule has 4 heteroatoms. The Bertz CT molecular complexity index is 410. The second-order valence-corrected chi connectivity index (χ2v) is 4.93. The first-order valence-electron chi connectivity index (χ1n) is 6.73. The van der Waals surface area contributed by atoms with Gasteiger partial charge in [0.2, 0.25) is 5.91 Å². The Hall–Kier alpha value is -1.55. The molecule has 0 bridgehead atoms. The molecule has 4 nitrogen and oxygen atoms in total. The lowest BCUT2D eigenvalue weighted by molar-refractivity contribution is -0.121. The largest absolute Gasteiger partial charge is 0.497 e. The maximum atomic E-state index is 11.9. The van der Waals surface area contributed by atoms with Crippen LogP contribution in [-0.2, 0) is 16.0 Å². The van der Waals surface area contributed by atoms with Gasteiger partial charge in [0.25, 0.3) is 0 Å². The molecule has 1 aromatic carbocycles. The van der Waals surface area contributed by atoms with Crippen LogP contribution in [0, 0.1) is 0 Å². The van der Waals surface area contributed by atoms with Crippen molar-refractivity contribution in [2.75, 3.05) is 13.7 Å². The van der Waals surface area contributed by atoms with Crippen molar-refractivity contribution in [3.63, 3.8) is 0 Å². The summed E-state index contributed by atoms with van der Waals surface area (Å²) in [6.07, 6.45) is 2.67. The van der Waals surface area contributed by atoms with E-state index in [0.29, 0.717) is 6.42 Å². The van der Waals surface area contributed by atoms with Crippen LogP contribution in [0.4, 0.5) is 0 Å². The molecule has 1 aliphatic rings. The molecule has 2 atom stereocenters. The Morgan fingerprint density at radius 3 is 2.79 bits per heavy atom. The van der Waals surface area contributed by atoms with Gasteiger partial charge in [-0.3, -0.25) is 4.79 Å². The second kappa shape index (κ2) is 6.57. The van der Waals surface area contributed by atoms with E-state index in [9.17, 15) is 4.79 Å². The van der Waals surface area contributed by atoms with Gasteiger partial charge in [-0.15, -0.1) is 0 Å². The molecular formula is C15H21NO3. The van der Waals surface area contributed by atoms with Crippen LogP contribution in [0.1, 0.15) is 25.3 Å². The van der Waals surface area contributed by atoms with Crippen LogP contribution >= 0.6 is 0 Å². The van der Waals surface area contributed by atoms with Gasteiger partial charge in [0.1, 0.15) is 5.75 Å². The van der Waals surface area contributed by atoms with Crippen molar-refractivity contribution >= 4 is 5.91 Å². The van der Waals surface area contributed by atoms with E-state index in [0.717, 1.165) is 30.8 Å². The number of hydrogen-bond acceptors (Lipinski definition) is 3. The van der Waals surface area contributed by atoms with Crippen LogP contribution in [0.2, 0.25) is 0 Å². The van der Waals surface area contributed by atoms with Crippen LogP contribution < -0.4 is 10.1 Å². The van der Waals surface area contributed by atoms with Crippen molar-refractivity contribution in [3.8, 4) is 5.75 Å². The highest BCUT2D eigenvalue weighted by Crippen LogP contribution is 2.16. The van der Waals surface area contributed by atoms with Crippen molar-refractivity contribution in [1.29, 1.82) is 0 Å². The van der Waals surface area contributed by atoms with Gasteiger partial charge in [-0.2, -0.15) is 0 Å². The maximum Gasteiger partial charge on any atom is 0.224 e. The Balaban J connectivity index is 1.82. The molecule has 0 aromatic heterocycles. The molecule has 1 aliphatic heterocycles. The van der Waals surface area contributed by atoms with E-state index >= 15 is 0 Å². The minimum absolute atomic E-state index is 0.0353. The summed E-state index contributed by atoms with van der Waals surface area (Å²) in [6.45, 7) is 2.81. The quantitative estimate of drug-likeness (QED) is 0.883. The summed E-state index contributed by atoms with van der Waals surface area (Å²) in [5.74, 6) is 0.838. The summed E-state index contributed by atoms with van der Waals surface area (Å²) in [7, 11) is 1.63. The van der Waals surface area contributed by atoms with Crippen molar-refractivity contribution in [2.24, 2.45) is 0 Å². The van der Waals surface area contributed by atoms with Gasteiger partial charge in [0.05, 0.1) is 25.7 Å². The van der Waals surface area contributed by atoms with Crippen molar-refractivity contribution in [1.82, 2.24) is 5.32 Å². The average molecular weight is 263 g/mol. The molecular weight excluding hydrogens is 242 g/mol. The molecule has 1 N–H and O–H groups in total. The molecule has 1 heterocycles. The molecule has 1 saturated heterocycles. The van der Waals surface area contributed by atoms with Crippen LogP contribution in [-0.4, -0.2) is 31.8 Å². The van der Waals surface area contributed by atoms with Gasteiger partial charge < -0.3 is 14.8 Å². The minimum atomic E-state index is 0.0353. The molecule has 104 valence electrons. The summed E-state index contributed by atoms with van der Waals surface area (Å²) < 4.78 is 10.7. The van der Waals surface area contributed by atoms with Gasteiger partial charge in [-0.25, -0.2) is 0 Å². The Kier molecular flexibility index (Phi) is 4.80. The van der Waals surface area contributed by atoms with E-state index in [2.05, 4.69) is 5.32 Å². The molecule has 1 aromatic rings. The molecule has 2 rings (SSSR count). The summed E-state index contributed by atoms with van der Waals surface area (Å²) >= 11 is 0. The first kappa shape index (κ1) is 13.9. The fourth-order valence-corrected chi connectivity index (χ4v) is 2.32. The van der Waals surface area contributed by atoms with E-state index in [1.165, 1.54) is 0 Å². The minimum Gasteiger partial charge on any atom is -0.497 e. The van der Waals surface area contributed by atoms with E-state index in [4.69, 9.17) is 9.47 Å². The predicted molar refractivity (Wildman–Crippen MR) is 73.3 cm³/mol. The Morgan fingerprint density at radius 2 is 2.21 bits per heavy atom. The number of hydrogen-bond donors (Lipinski definition) is 1. The number of nitrogens with one attached hydrogen (secondary N) is 1. The third-order valence-electron chi connectivity index (χ3n) is 3.43. The second-order valence-electron chi connectivity index (χ2n) is 4.93. The molecule has 1 fully saturated rings. The van der Waals surface area contributed by atoms with Gasteiger partial charge in [-0.05, 0) is 37.5 Å². The average Bonchev–Trinajstić information content (AvgIpc) is 2.93. The van der Waals surface area contributed by atoms with Gasteiger partial charge in [0.15, 0.2) is 0 Å². The van der Waals surface area contributed by atoms with Gasteiger partial charge >= 0.3 is 0 Å². The lowest BCUT2D eigenvalue weighted by Crippen LogP contribution is -2.41. The molecule has 0 aliphatic carbocycles. The zero-order valence-electron chi connectivity index (χ0n) is 11.5. The number of carbonyl (C=O) groups excluding carboxylic acids is 1. The zero-order valence-corrected chi connectivity index (χ0v) is 11.5. The highest BCUT2D eigenvalue weighted by molar-refractivity contribution is 5.78. The van der Waals surface area contributed by atoms with E-state index in [1.807, 2.05) is 31.2 Å². The van der Waals surface area contributed by atoms with E-state index < -0.39 is 0 Å². The maximum absolute atomic E-state index is 11.9. The molecule has 1 amide bonds. The lowest BCUT2D eigenvalue weighted by atomic mass is 10.1. The number of methoxy groups -OCH3 is 1. The first-order valence-corrected chi connectivity index (χ1v) is 6.73. The van der Waals surface area contributed by atoms with Crippen LogP contribution in [0.3, 0.4) is 0 Å². The van der Waals surface area contributed by atoms with Crippen molar-refractivity contribution in [2.45, 2.75) is 38.3 Å². The fraction of sp³-hybridized carbons (Fsp3) is 0.533. The van der Waals surface area contributed by atoms with Crippen LogP contribution in [0.15, 0.2) is 24.3 Å². The molecule has 0 spiro atoms. The molecule has 2 unspecified atom stereocenters. The SMILES string of the molecule is COc1ccc(CC(=O)NC(C)C2CCCO2)cc1. The van der Waals surface area contributed by atoms with E-state index in [-0.39, 0.29) is 18.1 Å². The topological polar surface area (TPSA) is 47.6 Å².